The molecule has 3 aromatic carbocycles. The molecule has 0 aliphatic carbocycles. The summed E-state index contributed by atoms with van der Waals surface area (Å²) < 4.78 is 18.6. The SMILES string of the molecule is COc1ccc2cc1Oc1cc(ccc1OC)CCC(NCCc1ccc(Br)cc1)CCCC2. The van der Waals surface area contributed by atoms with E-state index < -0.39 is 0 Å². The Morgan fingerprint density at radius 1 is 0.824 bits per heavy atom. The van der Waals surface area contributed by atoms with Crippen LogP contribution in [0, 0.1) is 0 Å². The van der Waals surface area contributed by atoms with Crippen molar-refractivity contribution >= 4 is 15.9 Å². The van der Waals surface area contributed by atoms with Crippen LogP contribution in [0.3, 0.4) is 0 Å². The minimum Gasteiger partial charge on any atom is -0.493 e. The number of benzene rings is 3. The monoisotopic (exact) mass is 523 g/mol. The molecule has 3 aromatic rings. The number of ether oxygens (including phenoxy) is 3. The van der Waals surface area contributed by atoms with Gasteiger partial charge in [-0.05, 0) is 98.2 Å². The van der Waals surface area contributed by atoms with Crippen LogP contribution >= 0.6 is 15.9 Å². The molecule has 1 aliphatic heterocycles. The third kappa shape index (κ3) is 6.77. The zero-order chi connectivity index (χ0) is 23.8. The van der Waals surface area contributed by atoms with Crippen molar-refractivity contribution in [2.24, 2.45) is 0 Å². The molecular formula is C29H34BrNO3. The summed E-state index contributed by atoms with van der Waals surface area (Å²) in [7, 11) is 3.36. The number of hydrogen-bond donors (Lipinski definition) is 1. The topological polar surface area (TPSA) is 39.7 Å². The standard InChI is InChI=1S/C29H34BrNO3/c1-32-26-15-10-22-5-3-4-6-25(31-18-17-21-7-12-24(30)13-8-21)14-9-23-11-16-27(33-2)29(20-23)34-28(26)19-22/h7-8,10-13,15-16,19-20,25,31H,3-6,9,14,17-18H2,1-2H3. The summed E-state index contributed by atoms with van der Waals surface area (Å²) >= 11 is 3.52. The molecule has 1 unspecified atom stereocenters. The second kappa shape index (κ2) is 12.3. The summed E-state index contributed by atoms with van der Waals surface area (Å²) in [4.78, 5) is 0. The average Bonchev–Trinajstić information content (AvgIpc) is 2.85. The first-order valence-electron chi connectivity index (χ1n) is 12.1. The van der Waals surface area contributed by atoms with Gasteiger partial charge in [0.05, 0.1) is 14.2 Å². The molecule has 0 radical (unpaired) electrons. The van der Waals surface area contributed by atoms with Gasteiger partial charge in [-0.1, -0.05) is 46.6 Å². The van der Waals surface area contributed by atoms with E-state index in [1.807, 2.05) is 12.1 Å². The number of aryl methyl sites for hydroxylation is 2. The highest BCUT2D eigenvalue weighted by atomic mass is 79.9. The number of halogens is 1. The van der Waals surface area contributed by atoms with Gasteiger partial charge in [-0.3, -0.25) is 0 Å². The lowest BCUT2D eigenvalue weighted by molar-refractivity contribution is 0.355. The number of methoxy groups -OCH3 is 2. The van der Waals surface area contributed by atoms with Gasteiger partial charge >= 0.3 is 0 Å². The summed E-state index contributed by atoms with van der Waals surface area (Å²) in [6.45, 7) is 0.991. The van der Waals surface area contributed by atoms with Crippen LogP contribution < -0.4 is 19.5 Å². The minimum absolute atomic E-state index is 0.497. The molecule has 180 valence electrons. The Morgan fingerprint density at radius 2 is 1.47 bits per heavy atom. The van der Waals surface area contributed by atoms with E-state index in [0.717, 1.165) is 66.1 Å². The van der Waals surface area contributed by atoms with Gasteiger partial charge in [0.15, 0.2) is 23.0 Å². The van der Waals surface area contributed by atoms with Crippen molar-refractivity contribution < 1.29 is 14.2 Å². The highest BCUT2D eigenvalue weighted by Crippen LogP contribution is 2.38. The molecule has 1 N–H and O–H groups in total. The van der Waals surface area contributed by atoms with Crippen molar-refractivity contribution in [1.29, 1.82) is 0 Å². The highest BCUT2D eigenvalue weighted by Gasteiger charge is 2.15. The van der Waals surface area contributed by atoms with Crippen LogP contribution in [-0.4, -0.2) is 26.8 Å². The van der Waals surface area contributed by atoms with E-state index in [4.69, 9.17) is 14.2 Å². The van der Waals surface area contributed by atoms with Gasteiger partial charge in [0.2, 0.25) is 0 Å². The van der Waals surface area contributed by atoms with Gasteiger partial charge in [0.25, 0.3) is 0 Å². The summed E-state index contributed by atoms with van der Waals surface area (Å²) in [6, 6.07) is 21.6. The Morgan fingerprint density at radius 3 is 2.12 bits per heavy atom. The molecule has 1 aliphatic rings. The lowest BCUT2D eigenvalue weighted by atomic mass is 9.98. The molecule has 0 aromatic heterocycles. The first-order valence-corrected chi connectivity index (χ1v) is 12.9. The Hall–Kier alpha value is -2.50. The van der Waals surface area contributed by atoms with Crippen LogP contribution in [-0.2, 0) is 19.3 Å². The Labute approximate surface area is 211 Å². The largest absolute Gasteiger partial charge is 0.493 e. The van der Waals surface area contributed by atoms with Gasteiger partial charge < -0.3 is 19.5 Å². The van der Waals surface area contributed by atoms with Crippen LogP contribution in [0.2, 0.25) is 0 Å². The zero-order valence-corrected chi connectivity index (χ0v) is 21.7. The van der Waals surface area contributed by atoms with E-state index >= 15 is 0 Å². The maximum atomic E-state index is 6.33. The molecule has 1 heterocycles. The minimum atomic E-state index is 0.497. The number of nitrogens with one attached hydrogen (secondary N) is 1. The van der Waals surface area contributed by atoms with Gasteiger partial charge in [0.1, 0.15) is 0 Å². The number of rotatable bonds is 6. The third-order valence-electron chi connectivity index (χ3n) is 6.49. The van der Waals surface area contributed by atoms with Crippen LogP contribution in [0.15, 0.2) is 65.1 Å². The van der Waals surface area contributed by atoms with Gasteiger partial charge in [-0.15, -0.1) is 0 Å². The van der Waals surface area contributed by atoms with Crippen molar-refractivity contribution in [3.8, 4) is 23.0 Å². The molecule has 0 spiro atoms. The lowest BCUT2D eigenvalue weighted by Gasteiger charge is -2.20. The Bertz CT molecular complexity index is 1070. The van der Waals surface area contributed by atoms with Crippen molar-refractivity contribution in [1.82, 2.24) is 5.32 Å². The van der Waals surface area contributed by atoms with E-state index in [1.54, 1.807) is 14.2 Å². The first kappa shape index (κ1) is 24.6. The van der Waals surface area contributed by atoms with E-state index in [-0.39, 0.29) is 0 Å². The van der Waals surface area contributed by atoms with E-state index in [9.17, 15) is 0 Å². The van der Waals surface area contributed by atoms with Crippen molar-refractivity contribution in [3.05, 3.63) is 81.8 Å². The normalized spacial score (nSPS) is 16.3. The second-order valence-electron chi connectivity index (χ2n) is 8.88. The molecular weight excluding hydrogens is 490 g/mol. The van der Waals surface area contributed by atoms with Crippen LogP contribution in [0.4, 0.5) is 0 Å². The first-order chi connectivity index (χ1) is 16.6. The molecule has 0 fully saturated rings. The molecule has 4 rings (SSSR count). The van der Waals surface area contributed by atoms with Crippen LogP contribution in [0.5, 0.6) is 23.0 Å². The molecule has 1 atom stereocenters. The third-order valence-corrected chi connectivity index (χ3v) is 7.01. The quantitative estimate of drug-likeness (QED) is 0.373. The fourth-order valence-electron chi connectivity index (χ4n) is 4.51. The maximum absolute atomic E-state index is 6.33. The van der Waals surface area contributed by atoms with E-state index in [0.29, 0.717) is 6.04 Å². The lowest BCUT2D eigenvalue weighted by Crippen LogP contribution is -2.31. The molecule has 0 amide bonds. The van der Waals surface area contributed by atoms with Gasteiger partial charge in [0, 0.05) is 10.5 Å². The summed E-state index contributed by atoms with van der Waals surface area (Å²) in [5, 5.41) is 3.83. The van der Waals surface area contributed by atoms with Gasteiger partial charge in [-0.2, -0.15) is 0 Å². The molecule has 4 nitrogen and oxygen atoms in total. The predicted molar refractivity (Wildman–Crippen MR) is 142 cm³/mol. The Balaban J connectivity index is 1.49. The van der Waals surface area contributed by atoms with Gasteiger partial charge in [-0.25, -0.2) is 0 Å². The van der Waals surface area contributed by atoms with Crippen molar-refractivity contribution in [2.45, 2.75) is 51.0 Å². The maximum Gasteiger partial charge on any atom is 0.169 e. The molecule has 5 heteroatoms. The fraction of sp³-hybridized carbons (Fsp3) is 0.379. The number of hydrogen-bond acceptors (Lipinski definition) is 4. The van der Waals surface area contributed by atoms with Crippen LogP contribution in [0.25, 0.3) is 0 Å². The molecule has 34 heavy (non-hydrogen) atoms. The molecule has 4 bridgehead atoms. The smallest absolute Gasteiger partial charge is 0.169 e. The van der Waals surface area contributed by atoms with Crippen LogP contribution in [0.1, 0.15) is 42.4 Å². The average molecular weight is 524 g/mol. The van der Waals surface area contributed by atoms with E-state index in [2.05, 4.69) is 69.8 Å². The van der Waals surface area contributed by atoms with Crippen molar-refractivity contribution in [2.75, 3.05) is 20.8 Å². The predicted octanol–water partition coefficient (Wildman–Crippen LogP) is 7.12. The van der Waals surface area contributed by atoms with Crippen molar-refractivity contribution in [3.63, 3.8) is 0 Å². The number of fused-ring (bicyclic) bond motifs is 4. The highest BCUT2D eigenvalue weighted by molar-refractivity contribution is 9.10. The summed E-state index contributed by atoms with van der Waals surface area (Å²) in [5.41, 5.74) is 3.88. The second-order valence-corrected chi connectivity index (χ2v) is 9.80. The fourth-order valence-corrected chi connectivity index (χ4v) is 4.78. The Kier molecular flexibility index (Phi) is 8.89. The molecule has 0 saturated carbocycles. The summed E-state index contributed by atoms with van der Waals surface area (Å²) in [5.74, 6) is 2.93. The summed E-state index contributed by atoms with van der Waals surface area (Å²) in [6.07, 6.45) is 7.70. The molecule has 0 saturated heterocycles. The zero-order valence-electron chi connectivity index (χ0n) is 20.1. The van der Waals surface area contributed by atoms with E-state index in [1.165, 1.54) is 29.5 Å².